The summed E-state index contributed by atoms with van der Waals surface area (Å²) in [5, 5.41) is 12.0. The van der Waals surface area contributed by atoms with E-state index in [0.29, 0.717) is 44.6 Å². The summed E-state index contributed by atoms with van der Waals surface area (Å²) in [6.45, 7) is 0.355. The highest BCUT2D eigenvalue weighted by atomic mass is 127. The van der Waals surface area contributed by atoms with Gasteiger partial charge in [0.1, 0.15) is 5.82 Å². The lowest BCUT2D eigenvalue weighted by atomic mass is 9.99. The lowest BCUT2D eigenvalue weighted by Gasteiger charge is -2.23. The average molecular weight is 803 g/mol. The molecular weight excluding hydrogens is 770 g/mol. The molecule has 1 aliphatic rings. The zero-order valence-corrected chi connectivity index (χ0v) is 29.9. The van der Waals surface area contributed by atoms with Crippen molar-refractivity contribution in [3.05, 3.63) is 177 Å². The van der Waals surface area contributed by atoms with Crippen LogP contribution in [0.5, 0.6) is 0 Å². The Morgan fingerprint density at radius 1 is 0.654 bits per heavy atom. The molecule has 2 amide bonds. The van der Waals surface area contributed by atoms with Gasteiger partial charge >= 0.3 is 5.97 Å². The van der Waals surface area contributed by atoms with E-state index >= 15 is 0 Å². The fourth-order valence-electron chi connectivity index (χ4n) is 6.03. The minimum absolute atomic E-state index is 0.173. The van der Waals surface area contributed by atoms with Crippen LogP contribution in [-0.2, 0) is 0 Å². The number of hydrogen-bond donors (Lipinski definition) is 2. The van der Waals surface area contributed by atoms with Gasteiger partial charge in [-0.2, -0.15) is 0 Å². The molecule has 0 unspecified atom stereocenters. The molecule has 0 atom stereocenters. The Labute approximate surface area is 313 Å². The number of carbonyl (C=O) groups is 4. The van der Waals surface area contributed by atoms with Crippen molar-refractivity contribution in [1.29, 1.82) is 0 Å². The summed E-state index contributed by atoms with van der Waals surface area (Å²) in [6.07, 6.45) is 0.749. The van der Waals surface area contributed by atoms with Crippen LogP contribution in [-0.4, -0.2) is 35.2 Å². The van der Waals surface area contributed by atoms with Crippen LogP contribution in [0.2, 0.25) is 0 Å². The topological polar surface area (TPSA) is 104 Å². The number of nitrogens with zero attached hydrogens (tertiary/aromatic N) is 1. The first-order valence-corrected chi connectivity index (χ1v) is 17.6. The van der Waals surface area contributed by atoms with E-state index in [-0.39, 0.29) is 29.6 Å². The fourth-order valence-corrected chi connectivity index (χ4v) is 6.78. The molecule has 0 saturated carbocycles. The molecule has 0 aliphatic carbocycles. The first-order chi connectivity index (χ1) is 25.2. The van der Waals surface area contributed by atoms with Crippen molar-refractivity contribution in [2.24, 2.45) is 0 Å². The maximum absolute atomic E-state index is 13.8. The standard InChI is InChI=1S/C30H22FIN2O3.C13H10O2/c31-20-12-15-27-25(17-20)28(35)11-6-16-34(27)30(37)24-14-13-21(18-26(24)32)33-29(36)23-10-5-4-9-22(23)19-7-2-1-3-8-19;14-13(15)12-9-5-4-8-11(12)10-6-2-1-3-7-10/h1-5,7-10,12-15,17-18H,6,11,16H2,(H,33,36);1-9H,(H,14,15). The predicted octanol–water partition coefficient (Wildman–Crippen LogP) is 10.0. The summed E-state index contributed by atoms with van der Waals surface area (Å²) in [4.78, 5) is 51.7. The fraction of sp³-hybridized carbons (Fsp3) is 0.0698. The number of amides is 2. The summed E-state index contributed by atoms with van der Waals surface area (Å²) in [5.74, 6) is -2.11. The highest BCUT2D eigenvalue weighted by Gasteiger charge is 2.27. The Bertz CT molecular complexity index is 2280. The van der Waals surface area contributed by atoms with E-state index in [4.69, 9.17) is 5.11 Å². The molecule has 0 spiro atoms. The predicted molar refractivity (Wildman–Crippen MR) is 209 cm³/mol. The van der Waals surface area contributed by atoms with Crippen LogP contribution in [0, 0.1) is 9.39 Å². The molecule has 1 heterocycles. The van der Waals surface area contributed by atoms with Gasteiger partial charge in [-0.25, -0.2) is 9.18 Å². The summed E-state index contributed by atoms with van der Waals surface area (Å²) in [6, 6.07) is 42.7. The van der Waals surface area contributed by atoms with Crippen molar-refractivity contribution >= 4 is 57.5 Å². The van der Waals surface area contributed by atoms with E-state index in [9.17, 15) is 23.6 Å². The molecule has 0 bridgehead atoms. The van der Waals surface area contributed by atoms with Crippen LogP contribution >= 0.6 is 22.6 Å². The Morgan fingerprint density at radius 2 is 1.23 bits per heavy atom. The van der Waals surface area contributed by atoms with Gasteiger partial charge in [-0.05, 0) is 99.8 Å². The second-order valence-electron chi connectivity index (χ2n) is 11.9. The number of anilines is 2. The summed E-state index contributed by atoms with van der Waals surface area (Å²) < 4.78 is 14.5. The molecule has 0 fully saturated rings. The minimum Gasteiger partial charge on any atom is -0.478 e. The number of fused-ring (bicyclic) bond motifs is 1. The summed E-state index contributed by atoms with van der Waals surface area (Å²) in [5.41, 5.74) is 5.97. The van der Waals surface area contributed by atoms with Gasteiger partial charge in [0.15, 0.2) is 5.78 Å². The van der Waals surface area contributed by atoms with Gasteiger partial charge in [-0.1, -0.05) is 97.1 Å². The number of carbonyl (C=O) groups excluding carboxylic acids is 3. The Morgan fingerprint density at radius 3 is 1.85 bits per heavy atom. The van der Waals surface area contributed by atoms with Crippen LogP contribution in [0.4, 0.5) is 15.8 Å². The van der Waals surface area contributed by atoms with Crippen molar-refractivity contribution in [2.45, 2.75) is 12.8 Å². The molecule has 0 radical (unpaired) electrons. The zero-order valence-electron chi connectivity index (χ0n) is 27.8. The lowest BCUT2D eigenvalue weighted by molar-refractivity contribution is 0.0697. The molecule has 7 rings (SSSR count). The third kappa shape index (κ3) is 8.16. The van der Waals surface area contributed by atoms with Crippen LogP contribution in [0.25, 0.3) is 22.3 Å². The van der Waals surface area contributed by atoms with E-state index in [0.717, 1.165) is 22.3 Å². The molecule has 2 N–H and O–H groups in total. The van der Waals surface area contributed by atoms with Crippen molar-refractivity contribution in [2.75, 3.05) is 16.8 Å². The van der Waals surface area contributed by atoms with Gasteiger partial charge in [0.2, 0.25) is 0 Å². The quantitative estimate of drug-likeness (QED) is 0.163. The van der Waals surface area contributed by atoms with Crippen LogP contribution in [0.3, 0.4) is 0 Å². The second kappa shape index (κ2) is 16.4. The van der Waals surface area contributed by atoms with Crippen molar-refractivity contribution in [3.8, 4) is 22.3 Å². The molecule has 6 aromatic rings. The molecule has 0 aromatic heterocycles. The minimum atomic E-state index is -0.894. The van der Waals surface area contributed by atoms with Gasteiger partial charge in [-0.15, -0.1) is 0 Å². The molecule has 7 nitrogen and oxygen atoms in total. The second-order valence-corrected chi connectivity index (χ2v) is 13.1. The highest BCUT2D eigenvalue weighted by Crippen LogP contribution is 2.31. The van der Waals surface area contributed by atoms with Gasteiger partial charge in [0.05, 0.1) is 16.8 Å². The Balaban J connectivity index is 0.000000258. The number of halogens is 2. The number of carboxylic acids is 1. The van der Waals surface area contributed by atoms with Crippen LogP contribution in [0.1, 0.15) is 54.3 Å². The number of Topliss-reactive ketones (excluding diaryl/α,β-unsaturated/α-hetero) is 1. The number of carboxylic acid groups (broad SMARTS) is 1. The van der Waals surface area contributed by atoms with Crippen molar-refractivity contribution < 1.29 is 28.7 Å². The van der Waals surface area contributed by atoms with Gasteiger partial charge < -0.3 is 15.3 Å². The maximum Gasteiger partial charge on any atom is 0.336 e. The number of ketones is 1. The van der Waals surface area contributed by atoms with E-state index < -0.39 is 11.8 Å². The molecule has 9 heteroatoms. The molecule has 6 aromatic carbocycles. The summed E-state index contributed by atoms with van der Waals surface area (Å²) >= 11 is 2.07. The van der Waals surface area contributed by atoms with Gasteiger partial charge in [0.25, 0.3) is 11.8 Å². The van der Waals surface area contributed by atoms with E-state index in [1.165, 1.54) is 23.1 Å². The number of rotatable bonds is 6. The third-order valence-corrected chi connectivity index (χ3v) is 9.43. The smallest absolute Gasteiger partial charge is 0.336 e. The monoisotopic (exact) mass is 802 g/mol. The Hall–Kier alpha value is -5.94. The normalized spacial score (nSPS) is 12.1. The average Bonchev–Trinajstić information content (AvgIpc) is 3.33. The first-order valence-electron chi connectivity index (χ1n) is 16.5. The van der Waals surface area contributed by atoms with Gasteiger partial charge in [0, 0.05) is 33.4 Å². The maximum atomic E-state index is 13.8. The lowest BCUT2D eigenvalue weighted by Crippen LogP contribution is -2.32. The van der Waals surface area contributed by atoms with Crippen molar-refractivity contribution in [1.82, 2.24) is 0 Å². The Kier molecular flexibility index (Phi) is 11.3. The molecule has 52 heavy (non-hydrogen) atoms. The SMILES string of the molecule is O=C(Nc1ccc(C(=O)N2CCCC(=O)c3cc(F)ccc32)c(I)c1)c1ccccc1-c1ccccc1.O=C(O)c1ccccc1-c1ccccc1. The third-order valence-electron chi connectivity index (χ3n) is 8.54. The van der Waals surface area contributed by atoms with Crippen LogP contribution < -0.4 is 10.2 Å². The largest absolute Gasteiger partial charge is 0.478 e. The molecule has 0 saturated heterocycles. The number of hydrogen-bond acceptors (Lipinski definition) is 4. The van der Waals surface area contributed by atoms with Crippen LogP contribution in [0.15, 0.2) is 146 Å². The molecule has 1 aliphatic heterocycles. The van der Waals surface area contributed by atoms with Crippen molar-refractivity contribution in [3.63, 3.8) is 0 Å². The molecular formula is C43H32FIN2O5. The first kappa shape index (κ1) is 35.9. The highest BCUT2D eigenvalue weighted by molar-refractivity contribution is 14.1. The molecule has 258 valence electrons. The summed E-state index contributed by atoms with van der Waals surface area (Å²) in [7, 11) is 0. The van der Waals surface area contributed by atoms with E-state index in [1.54, 1.807) is 36.4 Å². The number of aromatic carboxylic acids is 1. The number of benzene rings is 6. The van der Waals surface area contributed by atoms with E-state index in [1.807, 2.05) is 91.0 Å². The number of nitrogens with one attached hydrogen (secondary N) is 1. The van der Waals surface area contributed by atoms with E-state index in [2.05, 4.69) is 27.9 Å². The zero-order chi connectivity index (χ0) is 36.6. The van der Waals surface area contributed by atoms with Gasteiger partial charge in [-0.3, -0.25) is 14.4 Å².